The number of imide groups is 1. The molecule has 0 radical (unpaired) electrons. The van der Waals surface area contributed by atoms with Gasteiger partial charge < -0.3 is 15.6 Å². The number of amides is 4. The van der Waals surface area contributed by atoms with Crippen molar-refractivity contribution < 1.29 is 14.4 Å². The number of carbonyl (C=O) groups is 3. The number of aromatic nitrogens is 1. The van der Waals surface area contributed by atoms with Crippen molar-refractivity contribution in [3.8, 4) is 0 Å². The molecule has 1 aromatic heterocycles. The molecule has 1 spiro atoms. The summed E-state index contributed by atoms with van der Waals surface area (Å²) < 4.78 is 0. The van der Waals surface area contributed by atoms with Crippen LogP contribution in [0.2, 0.25) is 0 Å². The zero-order chi connectivity index (χ0) is 19.9. The maximum atomic E-state index is 12.6. The third kappa shape index (κ3) is 3.04. The van der Waals surface area contributed by atoms with E-state index in [1.165, 1.54) is 4.90 Å². The average molecular weight is 382 g/mol. The first-order valence-corrected chi connectivity index (χ1v) is 9.92. The molecule has 0 bridgehead atoms. The highest BCUT2D eigenvalue weighted by atomic mass is 16.2. The fourth-order valence-electron chi connectivity index (χ4n) is 4.34. The first-order chi connectivity index (χ1) is 13.4. The molecule has 2 fully saturated rings. The molecular weight excluding hydrogens is 356 g/mol. The Bertz CT molecular complexity index is 956. The molecule has 2 aliphatic rings. The molecular formula is C21H26N4O3. The van der Waals surface area contributed by atoms with E-state index < -0.39 is 5.54 Å². The molecule has 2 aromatic rings. The van der Waals surface area contributed by atoms with E-state index in [1.807, 2.05) is 26.0 Å². The number of urea groups is 1. The number of fused-ring (bicyclic) bond motifs is 1. The van der Waals surface area contributed by atoms with Gasteiger partial charge in [0, 0.05) is 35.2 Å². The monoisotopic (exact) mass is 382 g/mol. The zero-order valence-electron chi connectivity index (χ0n) is 16.4. The van der Waals surface area contributed by atoms with Crippen molar-refractivity contribution in [2.45, 2.75) is 51.5 Å². The largest absolute Gasteiger partial charge is 0.358 e. The molecule has 1 aromatic carbocycles. The van der Waals surface area contributed by atoms with Gasteiger partial charge in [-0.2, -0.15) is 0 Å². The first-order valence-electron chi connectivity index (χ1n) is 9.92. The second-order valence-electron chi connectivity index (χ2n) is 7.92. The minimum Gasteiger partial charge on any atom is -0.358 e. The van der Waals surface area contributed by atoms with Crippen LogP contribution < -0.4 is 10.6 Å². The molecule has 3 N–H and O–H groups in total. The third-order valence-corrected chi connectivity index (χ3v) is 6.12. The molecule has 1 aliphatic heterocycles. The van der Waals surface area contributed by atoms with Crippen molar-refractivity contribution in [1.82, 2.24) is 20.5 Å². The number of hydrogen-bond donors (Lipinski definition) is 3. The lowest BCUT2D eigenvalue weighted by Crippen LogP contribution is -2.44. The fourth-order valence-corrected chi connectivity index (χ4v) is 4.34. The number of aryl methyl sites for hydroxylation is 2. The van der Waals surface area contributed by atoms with Crippen LogP contribution in [-0.4, -0.2) is 46.4 Å². The molecule has 7 nitrogen and oxygen atoms in total. The summed E-state index contributed by atoms with van der Waals surface area (Å²) in [6, 6.07) is 5.31. The Morgan fingerprint density at radius 1 is 1.21 bits per heavy atom. The molecule has 4 rings (SSSR count). The van der Waals surface area contributed by atoms with Crippen LogP contribution in [0.3, 0.4) is 0 Å². The van der Waals surface area contributed by atoms with Crippen molar-refractivity contribution in [1.29, 1.82) is 0 Å². The first kappa shape index (κ1) is 18.5. The molecule has 1 saturated carbocycles. The Balaban J connectivity index is 1.32. The number of nitrogens with zero attached hydrogens (tertiary/aromatic N) is 1. The lowest BCUT2D eigenvalue weighted by atomic mass is 9.98. The molecule has 0 unspecified atom stereocenters. The van der Waals surface area contributed by atoms with E-state index in [0.29, 0.717) is 25.1 Å². The number of H-pyrrole nitrogens is 1. The van der Waals surface area contributed by atoms with Crippen molar-refractivity contribution >= 4 is 28.7 Å². The molecule has 1 saturated heterocycles. The van der Waals surface area contributed by atoms with Gasteiger partial charge in [-0.3, -0.25) is 14.5 Å². The van der Waals surface area contributed by atoms with Gasteiger partial charge in [-0.15, -0.1) is 0 Å². The highest BCUT2D eigenvalue weighted by molar-refractivity contribution is 6.07. The predicted octanol–water partition coefficient (Wildman–Crippen LogP) is 2.77. The van der Waals surface area contributed by atoms with Crippen LogP contribution in [0.15, 0.2) is 18.2 Å². The number of nitrogens with one attached hydrogen (secondary N) is 3. The van der Waals surface area contributed by atoms with Gasteiger partial charge >= 0.3 is 6.03 Å². The second-order valence-corrected chi connectivity index (χ2v) is 7.92. The van der Waals surface area contributed by atoms with Crippen molar-refractivity contribution in [2.24, 2.45) is 0 Å². The Morgan fingerprint density at radius 3 is 2.71 bits per heavy atom. The van der Waals surface area contributed by atoms with E-state index in [2.05, 4.69) is 15.6 Å². The Labute approximate surface area is 163 Å². The summed E-state index contributed by atoms with van der Waals surface area (Å²) >= 11 is 0. The van der Waals surface area contributed by atoms with Crippen molar-refractivity contribution in [3.05, 3.63) is 35.0 Å². The van der Waals surface area contributed by atoms with E-state index in [4.69, 9.17) is 0 Å². The van der Waals surface area contributed by atoms with Gasteiger partial charge in [0.1, 0.15) is 5.54 Å². The van der Waals surface area contributed by atoms with E-state index in [0.717, 1.165) is 47.8 Å². The maximum absolute atomic E-state index is 12.6. The van der Waals surface area contributed by atoms with E-state index in [9.17, 15) is 14.4 Å². The third-order valence-electron chi connectivity index (χ3n) is 6.12. The molecule has 1 aliphatic carbocycles. The standard InChI is InChI=1S/C21H26N4O3/c1-13-14(2)23-17-7-6-15(12-16(13)17)18(26)22-10-5-11-25-19(27)21(24-20(25)28)8-3-4-9-21/h6-7,12,23H,3-5,8-11H2,1-2H3,(H,22,26)(H,24,28). The number of hydrogen-bond acceptors (Lipinski definition) is 3. The highest BCUT2D eigenvalue weighted by Crippen LogP contribution is 2.35. The fraction of sp³-hybridized carbons (Fsp3) is 0.476. The Morgan fingerprint density at radius 2 is 1.96 bits per heavy atom. The maximum Gasteiger partial charge on any atom is 0.325 e. The van der Waals surface area contributed by atoms with E-state index >= 15 is 0 Å². The summed E-state index contributed by atoms with van der Waals surface area (Å²) in [6.07, 6.45) is 3.93. The van der Waals surface area contributed by atoms with Gasteiger partial charge in [-0.05, 0) is 56.9 Å². The van der Waals surface area contributed by atoms with Crippen molar-refractivity contribution in [2.75, 3.05) is 13.1 Å². The summed E-state index contributed by atoms with van der Waals surface area (Å²) in [7, 11) is 0. The molecule has 148 valence electrons. The summed E-state index contributed by atoms with van der Waals surface area (Å²) in [4.78, 5) is 41.8. The summed E-state index contributed by atoms with van der Waals surface area (Å²) in [5, 5.41) is 6.81. The minimum absolute atomic E-state index is 0.106. The van der Waals surface area contributed by atoms with Gasteiger partial charge in [-0.1, -0.05) is 12.8 Å². The number of aromatic amines is 1. The Kier molecular flexibility index (Phi) is 4.61. The summed E-state index contributed by atoms with van der Waals surface area (Å²) in [5.41, 5.74) is 3.20. The molecule has 4 amide bonds. The quantitative estimate of drug-likeness (QED) is 0.548. The van der Waals surface area contributed by atoms with Gasteiger partial charge in [-0.25, -0.2) is 4.79 Å². The van der Waals surface area contributed by atoms with E-state index in [1.54, 1.807) is 6.07 Å². The molecule has 2 heterocycles. The van der Waals surface area contributed by atoms with Gasteiger partial charge in [0.2, 0.25) is 0 Å². The van der Waals surface area contributed by atoms with Crippen molar-refractivity contribution in [3.63, 3.8) is 0 Å². The van der Waals surface area contributed by atoms with Crippen LogP contribution in [-0.2, 0) is 4.79 Å². The lowest BCUT2D eigenvalue weighted by Gasteiger charge is -2.20. The van der Waals surface area contributed by atoms with Crippen LogP contribution in [0.4, 0.5) is 4.79 Å². The molecule has 0 atom stereocenters. The number of rotatable bonds is 5. The minimum atomic E-state index is -0.664. The summed E-state index contributed by atoms with van der Waals surface area (Å²) in [6.45, 7) is 4.78. The van der Waals surface area contributed by atoms with Crippen LogP contribution in [0.1, 0.15) is 53.7 Å². The lowest BCUT2D eigenvalue weighted by molar-refractivity contribution is -0.131. The topological polar surface area (TPSA) is 94.3 Å². The second kappa shape index (κ2) is 6.96. The highest BCUT2D eigenvalue weighted by Gasteiger charge is 2.51. The van der Waals surface area contributed by atoms with Crippen LogP contribution in [0.25, 0.3) is 10.9 Å². The normalized spacial score (nSPS) is 18.3. The smallest absolute Gasteiger partial charge is 0.325 e. The van der Waals surface area contributed by atoms with Crippen LogP contribution >= 0.6 is 0 Å². The number of carbonyl (C=O) groups excluding carboxylic acids is 3. The van der Waals surface area contributed by atoms with Gasteiger partial charge in [0.05, 0.1) is 0 Å². The zero-order valence-corrected chi connectivity index (χ0v) is 16.4. The molecule has 7 heteroatoms. The van der Waals surface area contributed by atoms with E-state index in [-0.39, 0.29) is 17.8 Å². The summed E-state index contributed by atoms with van der Waals surface area (Å²) in [5.74, 6) is -0.255. The predicted molar refractivity (Wildman–Crippen MR) is 106 cm³/mol. The molecule has 28 heavy (non-hydrogen) atoms. The Hall–Kier alpha value is -2.83. The van der Waals surface area contributed by atoms with Gasteiger partial charge in [0.25, 0.3) is 11.8 Å². The van der Waals surface area contributed by atoms with Crippen LogP contribution in [0.5, 0.6) is 0 Å². The average Bonchev–Trinajstić information content (AvgIpc) is 3.32. The number of benzene rings is 1. The van der Waals surface area contributed by atoms with Crippen LogP contribution in [0, 0.1) is 13.8 Å². The SMILES string of the molecule is Cc1[nH]c2ccc(C(=O)NCCCN3C(=O)NC4(CCCC4)C3=O)cc2c1C. The van der Waals surface area contributed by atoms with Gasteiger partial charge in [0.15, 0.2) is 0 Å².